The van der Waals surface area contributed by atoms with Crippen LogP contribution in [0.15, 0.2) is 30.6 Å². The van der Waals surface area contributed by atoms with E-state index >= 15 is 0 Å². The Morgan fingerprint density at radius 2 is 2.25 bits per heavy atom. The van der Waals surface area contributed by atoms with E-state index in [-0.39, 0.29) is 5.92 Å². The van der Waals surface area contributed by atoms with Crippen LogP contribution in [0.1, 0.15) is 25.0 Å². The van der Waals surface area contributed by atoms with E-state index in [0.29, 0.717) is 11.4 Å². The maximum Gasteiger partial charge on any atom is 0.0808 e. The van der Waals surface area contributed by atoms with Crippen LogP contribution in [0, 0.1) is 17.2 Å². The summed E-state index contributed by atoms with van der Waals surface area (Å²) in [6.07, 6.45) is 3.30. The Morgan fingerprint density at radius 1 is 1.50 bits per heavy atom. The first kappa shape index (κ1) is 14.6. The number of rotatable bonds is 4. The van der Waals surface area contributed by atoms with Crippen molar-refractivity contribution in [2.24, 2.45) is 13.0 Å². The molecule has 0 aliphatic heterocycles. The standard InChI is InChI=1S/C15H16ClN3O/c1-10(7-17)5-15(20)13-4-3-12(16)6-14(13)11-8-18-19(2)9-11/h3-4,6,8-10,15,20H,5H2,1-2H3. The molecule has 1 aromatic carbocycles. The lowest BCUT2D eigenvalue weighted by Crippen LogP contribution is -2.04. The SMILES string of the molecule is CC(C#N)CC(O)c1ccc(Cl)cc1-c1cnn(C)c1. The number of nitriles is 1. The third-order valence-electron chi connectivity index (χ3n) is 3.19. The zero-order chi connectivity index (χ0) is 14.7. The van der Waals surface area contributed by atoms with Crippen molar-refractivity contribution in [3.05, 3.63) is 41.2 Å². The highest BCUT2D eigenvalue weighted by Crippen LogP contribution is 2.33. The van der Waals surface area contributed by atoms with Gasteiger partial charge in [-0.05, 0) is 36.6 Å². The summed E-state index contributed by atoms with van der Waals surface area (Å²) in [5.41, 5.74) is 2.52. The quantitative estimate of drug-likeness (QED) is 0.939. The minimum Gasteiger partial charge on any atom is -0.388 e. The molecule has 2 rings (SSSR count). The number of aryl methyl sites for hydroxylation is 1. The Balaban J connectivity index is 2.41. The van der Waals surface area contributed by atoms with Gasteiger partial charge >= 0.3 is 0 Å². The Bertz CT molecular complexity index is 645. The second kappa shape index (κ2) is 6.08. The third-order valence-corrected chi connectivity index (χ3v) is 3.42. The molecular formula is C15H16ClN3O. The molecule has 2 atom stereocenters. The normalized spacial score (nSPS) is 13.8. The smallest absolute Gasteiger partial charge is 0.0808 e. The van der Waals surface area contributed by atoms with E-state index in [0.717, 1.165) is 16.7 Å². The van der Waals surface area contributed by atoms with Crippen LogP contribution in [-0.2, 0) is 7.05 Å². The molecule has 5 heteroatoms. The Morgan fingerprint density at radius 3 is 2.85 bits per heavy atom. The van der Waals surface area contributed by atoms with Crippen LogP contribution in [0.2, 0.25) is 5.02 Å². The van der Waals surface area contributed by atoms with Crippen LogP contribution < -0.4 is 0 Å². The van der Waals surface area contributed by atoms with Gasteiger partial charge in [-0.15, -0.1) is 0 Å². The fourth-order valence-electron chi connectivity index (χ4n) is 2.14. The first-order chi connectivity index (χ1) is 9.51. The van der Waals surface area contributed by atoms with Crippen LogP contribution in [0.5, 0.6) is 0 Å². The van der Waals surface area contributed by atoms with Crippen LogP contribution in [0.3, 0.4) is 0 Å². The summed E-state index contributed by atoms with van der Waals surface area (Å²) < 4.78 is 1.70. The van der Waals surface area contributed by atoms with E-state index in [9.17, 15) is 5.11 Å². The molecule has 0 bridgehead atoms. The van der Waals surface area contributed by atoms with E-state index in [2.05, 4.69) is 11.2 Å². The van der Waals surface area contributed by atoms with E-state index in [1.54, 1.807) is 29.9 Å². The van der Waals surface area contributed by atoms with Gasteiger partial charge in [-0.3, -0.25) is 4.68 Å². The summed E-state index contributed by atoms with van der Waals surface area (Å²) in [5.74, 6) is -0.206. The molecule has 0 radical (unpaired) electrons. The molecule has 4 nitrogen and oxygen atoms in total. The molecule has 0 amide bonds. The van der Waals surface area contributed by atoms with Gasteiger partial charge in [-0.25, -0.2) is 0 Å². The number of hydrogen-bond donors (Lipinski definition) is 1. The van der Waals surface area contributed by atoms with Crippen molar-refractivity contribution in [2.45, 2.75) is 19.4 Å². The van der Waals surface area contributed by atoms with Crippen molar-refractivity contribution in [1.82, 2.24) is 9.78 Å². The molecule has 0 saturated carbocycles. The van der Waals surface area contributed by atoms with Crippen LogP contribution in [0.25, 0.3) is 11.1 Å². The van der Waals surface area contributed by atoms with Gasteiger partial charge < -0.3 is 5.11 Å². The fraction of sp³-hybridized carbons (Fsp3) is 0.333. The van der Waals surface area contributed by atoms with Gasteiger partial charge in [0.15, 0.2) is 0 Å². The Labute approximate surface area is 123 Å². The predicted molar refractivity (Wildman–Crippen MR) is 78.0 cm³/mol. The molecule has 104 valence electrons. The second-order valence-electron chi connectivity index (χ2n) is 4.92. The fourth-order valence-corrected chi connectivity index (χ4v) is 2.32. The third kappa shape index (κ3) is 3.19. The molecule has 1 aromatic heterocycles. The lowest BCUT2D eigenvalue weighted by Gasteiger charge is -2.16. The first-order valence-corrected chi connectivity index (χ1v) is 6.75. The number of halogens is 1. The van der Waals surface area contributed by atoms with Crippen molar-refractivity contribution in [2.75, 3.05) is 0 Å². The van der Waals surface area contributed by atoms with Crippen LogP contribution in [-0.4, -0.2) is 14.9 Å². The first-order valence-electron chi connectivity index (χ1n) is 6.37. The number of aliphatic hydroxyl groups is 1. The summed E-state index contributed by atoms with van der Waals surface area (Å²) in [4.78, 5) is 0. The zero-order valence-electron chi connectivity index (χ0n) is 11.4. The molecule has 0 fully saturated rings. The highest BCUT2D eigenvalue weighted by Gasteiger charge is 2.17. The van der Waals surface area contributed by atoms with Gasteiger partial charge in [0.2, 0.25) is 0 Å². The number of benzene rings is 1. The summed E-state index contributed by atoms with van der Waals surface area (Å²) >= 11 is 6.05. The number of aliphatic hydroxyl groups excluding tert-OH is 1. The van der Waals surface area contributed by atoms with Crippen molar-refractivity contribution in [3.63, 3.8) is 0 Å². The molecule has 2 unspecified atom stereocenters. The lowest BCUT2D eigenvalue weighted by molar-refractivity contribution is 0.157. The van der Waals surface area contributed by atoms with Gasteiger partial charge in [-0.2, -0.15) is 10.4 Å². The minimum atomic E-state index is -0.697. The van der Waals surface area contributed by atoms with Gasteiger partial charge in [0, 0.05) is 29.7 Å². The molecule has 20 heavy (non-hydrogen) atoms. The molecule has 1 N–H and O–H groups in total. The van der Waals surface area contributed by atoms with E-state index in [1.807, 2.05) is 19.3 Å². The predicted octanol–water partition coefficient (Wildman–Crippen LogP) is 3.32. The van der Waals surface area contributed by atoms with Crippen LogP contribution in [0.4, 0.5) is 0 Å². The maximum absolute atomic E-state index is 10.3. The molecular weight excluding hydrogens is 274 g/mol. The number of nitrogens with zero attached hydrogens (tertiary/aromatic N) is 3. The van der Waals surface area contributed by atoms with E-state index < -0.39 is 6.10 Å². The zero-order valence-corrected chi connectivity index (χ0v) is 12.2. The Kier molecular flexibility index (Phi) is 4.43. The monoisotopic (exact) mass is 289 g/mol. The summed E-state index contributed by atoms with van der Waals surface area (Å²) in [6, 6.07) is 7.50. The Hall–Kier alpha value is -1.83. The topological polar surface area (TPSA) is 61.8 Å². The molecule has 0 aliphatic carbocycles. The molecule has 0 aliphatic rings. The van der Waals surface area contributed by atoms with Gasteiger partial charge in [0.1, 0.15) is 0 Å². The van der Waals surface area contributed by atoms with Gasteiger partial charge in [0.25, 0.3) is 0 Å². The number of hydrogen-bond acceptors (Lipinski definition) is 3. The van der Waals surface area contributed by atoms with Crippen molar-refractivity contribution in [3.8, 4) is 17.2 Å². The highest BCUT2D eigenvalue weighted by atomic mass is 35.5. The highest BCUT2D eigenvalue weighted by molar-refractivity contribution is 6.30. The largest absolute Gasteiger partial charge is 0.388 e. The van der Waals surface area contributed by atoms with Crippen molar-refractivity contribution in [1.29, 1.82) is 5.26 Å². The summed E-state index contributed by atoms with van der Waals surface area (Å²) in [7, 11) is 1.84. The summed E-state index contributed by atoms with van der Waals surface area (Å²) in [5, 5.41) is 24.0. The van der Waals surface area contributed by atoms with Gasteiger partial charge in [-0.1, -0.05) is 17.7 Å². The molecule has 0 saturated heterocycles. The molecule has 0 spiro atoms. The average molecular weight is 290 g/mol. The second-order valence-corrected chi connectivity index (χ2v) is 5.35. The van der Waals surface area contributed by atoms with Crippen molar-refractivity contribution >= 4 is 11.6 Å². The summed E-state index contributed by atoms with van der Waals surface area (Å²) in [6.45, 7) is 1.79. The average Bonchev–Trinajstić information content (AvgIpc) is 2.84. The van der Waals surface area contributed by atoms with Crippen LogP contribution >= 0.6 is 11.6 Å². The maximum atomic E-state index is 10.3. The molecule has 1 heterocycles. The number of aromatic nitrogens is 2. The lowest BCUT2D eigenvalue weighted by atomic mass is 9.93. The molecule has 2 aromatic rings. The van der Waals surface area contributed by atoms with Crippen molar-refractivity contribution < 1.29 is 5.11 Å². The van der Waals surface area contributed by atoms with E-state index in [4.69, 9.17) is 16.9 Å². The van der Waals surface area contributed by atoms with Gasteiger partial charge in [0.05, 0.1) is 18.4 Å². The van der Waals surface area contributed by atoms with E-state index in [1.165, 1.54) is 0 Å². The minimum absolute atomic E-state index is 0.206.